The van der Waals surface area contributed by atoms with Crippen LogP contribution in [0.15, 0.2) is 244 Å². The number of nitrogens with zero attached hydrogens (tertiary/aromatic N) is 6. The number of sulfonamides is 3. The summed E-state index contributed by atoms with van der Waals surface area (Å²) in [5, 5.41) is 62.8. The summed E-state index contributed by atoms with van der Waals surface area (Å²) in [7, 11) is -11.8. The molecule has 8 aromatic carbocycles. The van der Waals surface area contributed by atoms with Crippen LogP contribution in [0.25, 0.3) is 10.4 Å². The number of rotatable bonds is 36. The number of esters is 3. The van der Waals surface area contributed by atoms with Crippen molar-refractivity contribution in [2.45, 2.75) is 173 Å². The number of carbonyl (C=O) groups is 5. The minimum atomic E-state index is -3.96. The minimum absolute atomic E-state index is 0. The third-order valence-corrected chi connectivity index (χ3v) is 25.9. The molecule has 10 atom stereocenters. The lowest BCUT2D eigenvalue weighted by atomic mass is 9.92. The van der Waals surface area contributed by atoms with Gasteiger partial charge in [-0.05, 0) is 160 Å². The molecule has 674 valence electrons. The smallest absolute Gasteiger partial charge is 0.309 e. The van der Waals surface area contributed by atoms with E-state index in [1.165, 1.54) is 17.7 Å². The Hall–Kier alpha value is -11.5. The van der Waals surface area contributed by atoms with Crippen LogP contribution in [0.3, 0.4) is 0 Å². The third kappa shape index (κ3) is 32.8. The molecule has 126 heavy (non-hydrogen) atoms. The van der Waals surface area contributed by atoms with Crippen LogP contribution in [-0.2, 0) is 100 Å². The topological polar surface area (TPSA) is 520 Å². The number of nitro groups is 3. The molecule has 9 N–H and O–H groups in total. The summed E-state index contributed by atoms with van der Waals surface area (Å²) in [4.78, 5) is 93.6. The van der Waals surface area contributed by atoms with Crippen molar-refractivity contribution in [2.24, 2.45) is 40.4 Å². The lowest BCUT2D eigenvalue weighted by Crippen LogP contribution is -2.41. The van der Waals surface area contributed by atoms with Gasteiger partial charge in [0.15, 0.2) is 0 Å². The monoisotopic (exact) mass is 1810 g/mol. The van der Waals surface area contributed by atoms with E-state index in [1.54, 1.807) is 0 Å². The number of benzene rings is 8. The second-order valence-electron chi connectivity index (χ2n) is 31.0. The van der Waals surface area contributed by atoms with Crippen LogP contribution in [0.5, 0.6) is 0 Å². The molecule has 34 nitrogen and oxygen atoms in total. The maximum atomic E-state index is 12.9. The summed E-state index contributed by atoms with van der Waals surface area (Å²) < 4.78 is 97.2. The summed E-state index contributed by atoms with van der Waals surface area (Å²) in [6, 6.07) is 62.2. The number of aliphatic hydroxyl groups excluding tert-OH is 2. The Morgan fingerprint density at radius 3 is 1.03 bits per heavy atom. The Morgan fingerprint density at radius 1 is 0.444 bits per heavy atom. The number of hydrogen-bond donors (Lipinski definition) is 8. The maximum Gasteiger partial charge on any atom is 0.309 e. The molecule has 5 aliphatic rings. The van der Waals surface area contributed by atoms with Crippen LogP contribution in [-0.4, -0.2) is 155 Å². The molecule has 0 bridgehead atoms. The molecule has 0 aromatic heterocycles. The van der Waals surface area contributed by atoms with E-state index in [0.717, 1.165) is 147 Å². The zero-order chi connectivity index (χ0) is 89.9. The van der Waals surface area contributed by atoms with Crippen LogP contribution in [0.1, 0.15) is 111 Å². The molecule has 13 rings (SSSR count). The number of cyclic esters (lactones) is 3. The molecule has 5 fully saturated rings. The normalized spacial score (nSPS) is 18.8. The predicted octanol–water partition coefficient (Wildman–Crippen LogP) is 11.1. The van der Waals surface area contributed by atoms with Crippen LogP contribution in [0, 0.1) is 59.9 Å². The van der Waals surface area contributed by atoms with Crippen molar-refractivity contribution in [3.05, 3.63) is 293 Å². The van der Waals surface area contributed by atoms with E-state index in [4.69, 9.17) is 25.5 Å². The molecular weight excluding hydrogens is 1710 g/mol. The van der Waals surface area contributed by atoms with Gasteiger partial charge in [-0.2, -0.15) is 0 Å². The van der Waals surface area contributed by atoms with Crippen molar-refractivity contribution in [3.63, 3.8) is 0 Å². The highest BCUT2D eigenvalue weighted by atomic mass is 35.5. The van der Waals surface area contributed by atoms with Gasteiger partial charge in [0.1, 0.15) is 18.3 Å². The number of hydrogen-bond acceptors (Lipinski definition) is 24. The highest BCUT2D eigenvalue weighted by molar-refractivity contribution is 7.90. The number of azide groups is 1. The minimum Gasteiger partial charge on any atom is -0.462 e. The first-order chi connectivity index (χ1) is 59.9. The van der Waals surface area contributed by atoms with Crippen molar-refractivity contribution >= 4 is 89.3 Å². The summed E-state index contributed by atoms with van der Waals surface area (Å²) >= 11 is 0. The van der Waals surface area contributed by atoms with Crippen molar-refractivity contribution < 1.29 is 88.4 Å². The van der Waals surface area contributed by atoms with E-state index >= 15 is 0 Å². The van der Waals surface area contributed by atoms with Gasteiger partial charge in [-0.15, -0.1) is 12.4 Å². The van der Waals surface area contributed by atoms with E-state index in [1.807, 2.05) is 152 Å². The van der Waals surface area contributed by atoms with E-state index in [2.05, 4.69) is 34.8 Å². The van der Waals surface area contributed by atoms with Gasteiger partial charge >= 0.3 is 17.9 Å². The fraction of sp³-hybridized carbons (Fsp3) is 0.398. The van der Waals surface area contributed by atoms with Crippen LogP contribution in [0.2, 0.25) is 0 Å². The number of nitrogens with two attached hydrogens (primary N) is 1. The zero-order valence-electron chi connectivity index (χ0n) is 69.0. The van der Waals surface area contributed by atoms with Gasteiger partial charge in [0.25, 0.3) is 17.1 Å². The second kappa shape index (κ2) is 50.0. The standard InChI is InChI=1S/2C23H29N3O6S.C18H18N2O6S.C12H13N3O2.C12H15NO2.ClH/c2*27-21(16-24-33(31,32)22-12-10-20(11-13-22)26(29)30)15-18(14-17-6-2-1-3-7-17)23(28)25-19-8-4-5-9-19;21-18-14(10-13-4-2-1-3-5-13)11-16(26-18)12-19-27(24,25)17-8-6-15(7-9-17)20(22)23;13-15-14-8-11-7-10(12(16)17-11)6-9-4-2-1-3-5-9;13-8-11-7-10(12(14)15-11)6-9-4-2-1-3-5-9;/h2*1-3,6-7,10-13,18-19,21,24,27H,4-5,8-9,14-16H2,(H,25,28);1-9,14,16,19H,10-12H2;1-5,10-11H,6-8H2;1-5,10-11H,6-8,13H2;1H/t18-,21+;18-,21-;14-,16+;2*10-,11+;/m10111./s1. The molecule has 2 saturated carbocycles. The molecule has 38 heteroatoms. The van der Waals surface area contributed by atoms with E-state index in [-0.39, 0.29) is 155 Å². The third-order valence-electron chi connectivity index (χ3n) is 21.6. The zero-order valence-corrected chi connectivity index (χ0v) is 72.3. The fourth-order valence-corrected chi connectivity index (χ4v) is 18.2. The van der Waals surface area contributed by atoms with Gasteiger partial charge < -0.3 is 40.8 Å². The molecule has 3 heterocycles. The average molecular weight is 1810 g/mol. The van der Waals surface area contributed by atoms with Gasteiger partial charge in [0.05, 0.1) is 66.0 Å². The van der Waals surface area contributed by atoms with Gasteiger partial charge in [-0.25, -0.2) is 39.4 Å². The molecule has 2 aliphatic carbocycles. The van der Waals surface area contributed by atoms with Crippen molar-refractivity contribution in [1.82, 2.24) is 24.8 Å². The number of ether oxygens (including phenoxy) is 3. The Bertz CT molecular complexity index is 5080. The quantitative estimate of drug-likeness (QED) is 0.00344. The molecule has 0 unspecified atom stereocenters. The summed E-state index contributed by atoms with van der Waals surface area (Å²) in [5.74, 6) is -2.34. The molecular formula is C88H105ClN12O22S3. The average Bonchev–Trinajstić information content (AvgIpc) is 1.23. The van der Waals surface area contributed by atoms with Crippen molar-refractivity contribution in [1.29, 1.82) is 0 Å². The number of nitro benzene ring substituents is 3. The summed E-state index contributed by atoms with van der Waals surface area (Å²) in [6.07, 6.45) is 9.95. The molecule has 3 aliphatic heterocycles. The number of non-ortho nitro benzene ring substituents is 3. The Morgan fingerprint density at radius 2 is 0.730 bits per heavy atom. The maximum absolute atomic E-state index is 12.9. The van der Waals surface area contributed by atoms with Gasteiger partial charge in [-0.1, -0.05) is 182 Å². The number of nitrogens with one attached hydrogen (secondary N) is 5. The first kappa shape index (κ1) is 99.9. The Kier molecular flexibility index (Phi) is 39.7. The van der Waals surface area contributed by atoms with Crippen molar-refractivity contribution in [3.8, 4) is 0 Å². The largest absolute Gasteiger partial charge is 0.462 e. The number of carbonyl (C=O) groups excluding carboxylic acids is 5. The van der Waals surface area contributed by atoms with Gasteiger partial charge in [0.2, 0.25) is 41.9 Å². The van der Waals surface area contributed by atoms with Gasteiger partial charge in [-0.3, -0.25) is 54.3 Å². The molecule has 0 spiro atoms. The SMILES string of the molecule is Cl.NC[C@@H]1C[C@@H](Cc2ccccc2)C(=O)O1.O=C(NC1CCCC1)[C@@H](Cc1ccccc1)C[C@H](O)CNS(=O)(=O)c1ccc([N+](=O)[O-])cc1.O=C(NC1CCCC1)[C@H](Cc1ccccc1)C[C@H](O)CNS(=O)(=O)c1ccc([N+](=O)[O-])cc1.O=C1O[C@H](CNS(=O)(=O)c2ccc([N+](=O)[O-])cc2)C[C@H]1Cc1ccccc1.[N-]=[N+]=NC[C@@H]1C[C@@H](Cc2ccccc2)C(=O)O1. The molecule has 8 aromatic rings. The molecule has 3 saturated heterocycles. The Balaban J connectivity index is 0.000000200. The van der Waals surface area contributed by atoms with Gasteiger partial charge in [0, 0.05) is 91.4 Å². The summed E-state index contributed by atoms with van der Waals surface area (Å²) in [5.41, 5.74) is 18.3. The summed E-state index contributed by atoms with van der Waals surface area (Å²) in [6.45, 7) is 0.0591. The van der Waals surface area contributed by atoms with E-state index < -0.39 is 75.0 Å². The molecule has 2 amide bonds. The van der Waals surface area contributed by atoms with Crippen LogP contribution >= 0.6 is 12.4 Å². The van der Waals surface area contributed by atoms with Crippen LogP contribution < -0.4 is 30.5 Å². The second-order valence-corrected chi connectivity index (χ2v) is 36.3. The van der Waals surface area contributed by atoms with E-state index in [0.29, 0.717) is 45.1 Å². The lowest BCUT2D eigenvalue weighted by Gasteiger charge is -2.22. The molecule has 0 radical (unpaired) electrons. The fourth-order valence-electron chi connectivity index (χ4n) is 14.9. The lowest BCUT2D eigenvalue weighted by molar-refractivity contribution is -0.385. The first-order valence-electron chi connectivity index (χ1n) is 41.1. The predicted molar refractivity (Wildman–Crippen MR) is 469 cm³/mol. The van der Waals surface area contributed by atoms with Crippen LogP contribution in [0.4, 0.5) is 17.1 Å². The Labute approximate surface area is 737 Å². The van der Waals surface area contributed by atoms with Crippen molar-refractivity contribution in [2.75, 3.05) is 32.7 Å². The number of aliphatic hydroxyl groups is 2. The van der Waals surface area contributed by atoms with E-state index in [9.17, 15) is 89.8 Å². The highest BCUT2D eigenvalue weighted by Crippen LogP contribution is 2.30. The highest BCUT2D eigenvalue weighted by Gasteiger charge is 2.38. The number of halogens is 1. The number of amides is 2. The first-order valence-corrected chi connectivity index (χ1v) is 45.6.